The SMILES string of the molecule is CC(=O)Oc1ccc(C2/C(=C(/O)c3ccc4c(c3)CC(C)O4)C(=O)C(=O)N2c2ccc(C)c(C)c2)cc1. The lowest BCUT2D eigenvalue weighted by Crippen LogP contribution is -2.29. The van der Waals surface area contributed by atoms with E-state index in [4.69, 9.17) is 9.47 Å². The van der Waals surface area contributed by atoms with Gasteiger partial charge in [-0.05, 0) is 85.5 Å². The van der Waals surface area contributed by atoms with E-state index in [0.717, 1.165) is 22.4 Å². The van der Waals surface area contributed by atoms with Crippen molar-refractivity contribution in [3.63, 3.8) is 0 Å². The quantitative estimate of drug-likeness (QED) is 0.176. The van der Waals surface area contributed by atoms with Crippen LogP contribution >= 0.6 is 0 Å². The van der Waals surface area contributed by atoms with Gasteiger partial charge >= 0.3 is 5.97 Å². The Kier molecular flexibility index (Phi) is 6.07. The minimum absolute atomic E-state index is 0.00428. The summed E-state index contributed by atoms with van der Waals surface area (Å²) in [6.07, 6.45) is 0.715. The highest BCUT2D eigenvalue weighted by Gasteiger charge is 2.47. The van der Waals surface area contributed by atoms with Crippen molar-refractivity contribution in [2.24, 2.45) is 0 Å². The molecule has 7 heteroatoms. The molecule has 0 saturated carbocycles. The Morgan fingerprint density at radius 3 is 2.41 bits per heavy atom. The number of aliphatic hydroxyl groups excluding tert-OH is 1. The second-order valence-corrected chi connectivity index (χ2v) is 9.56. The molecule has 1 N–H and O–H groups in total. The van der Waals surface area contributed by atoms with Crippen molar-refractivity contribution >= 4 is 29.1 Å². The third-order valence-corrected chi connectivity index (χ3v) is 6.84. The summed E-state index contributed by atoms with van der Waals surface area (Å²) in [5.41, 5.74) is 4.53. The van der Waals surface area contributed by atoms with Crippen molar-refractivity contribution in [2.75, 3.05) is 4.90 Å². The van der Waals surface area contributed by atoms with Crippen LogP contribution in [0.5, 0.6) is 11.5 Å². The van der Waals surface area contributed by atoms with Crippen LogP contribution in [0.3, 0.4) is 0 Å². The van der Waals surface area contributed by atoms with E-state index < -0.39 is 23.7 Å². The number of anilines is 1. The van der Waals surface area contributed by atoms with Crippen molar-refractivity contribution in [2.45, 2.75) is 46.3 Å². The zero-order valence-corrected chi connectivity index (χ0v) is 21.1. The van der Waals surface area contributed by atoms with E-state index in [1.807, 2.05) is 32.9 Å². The number of carbonyl (C=O) groups is 3. The topological polar surface area (TPSA) is 93.1 Å². The molecule has 0 spiro atoms. The molecule has 1 amide bonds. The molecule has 1 saturated heterocycles. The minimum Gasteiger partial charge on any atom is -0.507 e. The number of amides is 1. The lowest BCUT2D eigenvalue weighted by molar-refractivity contribution is -0.132. The van der Waals surface area contributed by atoms with Gasteiger partial charge in [0, 0.05) is 24.6 Å². The average Bonchev–Trinajstić information content (AvgIpc) is 3.36. The highest BCUT2D eigenvalue weighted by atomic mass is 16.5. The molecule has 2 heterocycles. The Balaban J connectivity index is 1.67. The Morgan fingerprint density at radius 1 is 1.00 bits per heavy atom. The van der Waals surface area contributed by atoms with Gasteiger partial charge in [-0.15, -0.1) is 0 Å². The third-order valence-electron chi connectivity index (χ3n) is 6.84. The van der Waals surface area contributed by atoms with Crippen LogP contribution in [0.2, 0.25) is 0 Å². The fraction of sp³-hybridized carbons (Fsp3) is 0.233. The molecule has 0 aromatic heterocycles. The summed E-state index contributed by atoms with van der Waals surface area (Å²) in [5.74, 6) is -1.11. The number of nitrogens with zero attached hydrogens (tertiary/aromatic N) is 1. The van der Waals surface area contributed by atoms with Crippen LogP contribution in [-0.4, -0.2) is 28.9 Å². The van der Waals surface area contributed by atoms with Gasteiger partial charge in [0.05, 0.1) is 11.6 Å². The molecule has 2 aliphatic rings. The lowest BCUT2D eigenvalue weighted by Gasteiger charge is -2.26. The van der Waals surface area contributed by atoms with Crippen LogP contribution in [0.25, 0.3) is 5.76 Å². The van der Waals surface area contributed by atoms with Gasteiger partial charge in [-0.3, -0.25) is 19.3 Å². The lowest BCUT2D eigenvalue weighted by atomic mass is 9.94. The molecule has 0 bridgehead atoms. The largest absolute Gasteiger partial charge is 0.507 e. The Labute approximate surface area is 214 Å². The molecule has 188 valence electrons. The number of carbonyl (C=O) groups excluding carboxylic acids is 3. The minimum atomic E-state index is -0.878. The van der Waals surface area contributed by atoms with Gasteiger partial charge < -0.3 is 14.6 Å². The molecule has 2 atom stereocenters. The maximum absolute atomic E-state index is 13.4. The van der Waals surface area contributed by atoms with E-state index >= 15 is 0 Å². The van der Waals surface area contributed by atoms with Gasteiger partial charge in [0.1, 0.15) is 23.4 Å². The highest BCUT2D eigenvalue weighted by molar-refractivity contribution is 6.51. The summed E-state index contributed by atoms with van der Waals surface area (Å²) >= 11 is 0. The van der Waals surface area contributed by atoms with Crippen molar-refractivity contribution in [3.8, 4) is 11.5 Å². The first-order valence-electron chi connectivity index (χ1n) is 12.1. The standard InChI is InChI=1S/C30H27NO6/c1-16-5-9-23(13-17(16)2)31-27(20-6-10-24(11-7-20)37-19(4)32)26(29(34)30(31)35)28(33)21-8-12-25-22(15-21)14-18(3)36-25/h5-13,15,18,27,33H,14H2,1-4H3/b28-26-. The Morgan fingerprint density at radius 2 is 1.73 bits per heavy atom. The number of benzene rings is 3. The summed E-state index contributed by atoms with van der Waals surface area (Å²) in [5, 5.41) is 11.4. The number of ether oxygens (including phenoxy) is 2. The molecule has 3 aromatic rings. The first kappa shape index (κ1) is 24.3. The van der Waals surface area contributed by atoms with Gasteiger partial charge in [-0.25, -0.2) is 0 Å². The monoisotopic (exact) mass is 497 g/mol. The normalized spacial score (nSPS) is 20.1. The summed E-state index contributed by atoms with van der Waals surface area (Å²) in [7, 11) is 0. The maximum atomic E-state index is 13.4. The summed E-state index contributed by atoms with van der Waals surface area (Å²) in [4.78, 5) is 39.6. The number of aryl methyl sites for hydroxylation is 2. The molecule has 37 heavy (non-hydrogen) atoms. The molecular weight excluding hydrogens is 470 g/mol. The maximum Gasteiger partial charge on any atom is 0.308 e. The second kappa shape index (κ2) is 9.24. The Bertz CT molecular complexity index is 1470. The zero-order chi connectivity index (χ0) is 26.4. The molecule has 7 nitrogen and oxygen atoms in total. The van der Waals surface area contributed by atoms with E-state index in [0.29, 0.717) is 29.0 Å². The summed E-state index contributed by atoms with van der Waals surface area (Å²) in [6.45, 7) is 7.18. The molecule has 2 aliphatic heterocycles. The van der Waals surface area contributed by atoms with E-state index in [9.17, 15) is 19.5 Å². The molecule has 1 fully saturated rings. The number of esters is 1. The van der Waals surface area contributed by atoms with Crippen LogP contribution < -0.4 is 14.4 Å². The molecule has 5 rings (SSSR count). The first-order valence-corrected chi connectivity index (χ1v) is 12.1. The number of hydrogen-bond acceptors (Lipinski definition) is 6. The number of fused-ring (bicyclic) bond motifs is 1. The van der Waals surface area contributed by atoms with Crippen molar-refractivity contribution in [1.82, 2.24) is 0 Å². The van der Waals surface area contributed by atoms with E-state index in [1.165, 1.54) is 11.8 Å². The van der Waals surface area contributed by atoms with Gasteiger partial charge in [0.2, 0.25) is 0 Å². The number of aliphatic hydroxyl groups is 1. The smallest absolute Gasteiger partial charge is 0.308 e. The highest BCUT2D eigenvalue weighted by Crippen LogP contribution is 2.43. The van der Waals surface area contributed by atoms with Gasteiger partial charge in [-0.1, -0.05) is 18.2 Å². The average molecular weight is 498 g/mol. The van der Waals surface area contributed by atoms with Crippen LogP contribution in [0.15, 0.2) is 66.2 Å². The van der Waals surface area contributed by atoms with E-state index in [-0.39, 0.29) is 17.4 Å². The van der Waals surface area contributed by atoms with Crippen LogP contribution in [-0.2, 0) is 20.8 Å². The molecule has 3 aromatic carbocycles. The van der Waals surface area contributed by atoms with E-state index in [1.54, 1.807) is 48.5 Å². The number of hydrogen-bond donors (Lipinski definition) is 1. The van der Waals surface area contributed by atoms with Crippen LogP contribution in [0, 0.1) is 13.8 Å². The van der Waals surface area contributed by atoms with Crippen molar-refractivity contribution in [1.29, 1.82) is 0 Å². The molecule has 0 radical (unpaired) electrons. The van der Waals surface area contributed by atoms with Crippen molar-refractivity contribution < 1.29 is 29.0 Å². The van der Waals surface area contributed by atoms with Crippen molar-refractivity contribution in [3.05, 3.63) is 94.1 Å². The number of rotatable bonds is 4. The second-order valence-electron chi connectivity index (χ2n) is 9.56. The van der Waals surface area contributed by atoms with Gasteiger partial charge in [0.15, 0.2) is 0 Å². The summed E-state index contributed by atoms with van der Waals surface area (Å²) < 4.78 is 10.9. The third kappa shape index (κ3) is 4.37. The molecule has 2 unspecified atom stereocenters. The van der Waals surface area contributed by atoms with Gasteiger partial charge in [0.25, 0.3) is 11.7 Å². The molecular formula is C30H27NO6. The first-order chi connectivity index (χ1) is 17.6. The fourth-order valence-corrected chi connectivity index (χ4v) is 4.90. The predicted molar refractivity (Wildman–Crippen MR) is 139 cm³/mol. The predicted octanol–water partition coefficient (Wildman–Crippen LogP) is 5.18. The fourth-order valence-electron chi connectivity index (χ4n) is 4.90. The Hall–Kier alpha value is -4.39. The van der Waals surface area contributed by atoms with E-state index in [2.05, 4.69) is 0 Å². The number of Topliss-reactive ketones (excluding diaryl/α,β-unsaturated/α-hetero) is 1. The van der Waals surface area contributed by atoms with Gasteiger partial charge in [-0.2, -0.15) is 0 Å². The zero-order valence-electron chi connectivity index (χ0n) is 21.1. The van der Waals surface area contributed by atoms with Crippen LogP contribution in [0.1, 0.15) is 47.7 Å². The molecule has 0 aliphatic carbocycles. The number of ketones is 1. The van der Waals surface area contributed by atoms with Crippen LogP contribution in [0.4, 0.5) is 5.69 Å². The summed E-state index contributed by atoms with van der Waals surface area (Å²) in [6, 6.07) is 16.5.